The fourth-order valence-corrected chi connectivity index (χ4v) is 3.61. The predicted molar refractivity (Wildman–Crippen MR) is 112 cm³/mol. The summed E-state index contributed by atoms with van der Waals surface area (Å²) in [5.41, 5.74) is 9.35. The molecule has 0 radical (unpaired) electrons. The van der Waals surface area contributed by atoms with Gasteiger partial charge in [-0.05, 0) is 35.1 Å². The Morgan fingerprint density at radius 1 is 1.18 bits per heavy atom. The van der Waals surface area contributed by atoms with Gasteiger partial charge in [-0.3, -0.25) is 4.79 Å². The first-order valence-electron chi connectivity index (χ1n) is 9.30. The lowest BCUT2D eigenvalue weighted by molar-refractivity contribution is -0.118. The number of amides is 1. The topological polar surface area (TPSA) is 73.8 Å². The van der Waals surface area contributed by atoms with Crippen LogP contribution in [0, 0.1) is 0 Å². The van der Waals surface area contributed by atoms with Crippen LogP contribution >= 0.6 is 11.6 Å². The number of nitrogens with zero attached hydrogens (tertiary/aromatic N) is 3. The van der Waals surface area contributed by atoms with Gasteiger partial charge in [0.15, 0.2) is 5.82 Å². The molecule has 1 aromatic carbocycles. The molecule has 1 amide bonds. The standard InChI is InChI=1S/C22H25ClN4O/c1-5-16-19(23)21(26-13-25-16)27-12-6-7-17(27)18(20(24)28)14-8-10-15(11-9-14)22(2,3)4/h6-13,18H,5H2,1-4H3,(H2,24,28). The minimum Gasteiger partial charge on any atom is -0.369 e. The first-order valence-corrected chi connectivity index (χ1v) is 9.68. The minimum atomic E-state index is -0.611. The van der Waals surface area contributed by atoms with Crippen LogP contribution in [0.2, 0.25) is 5.02 Å². The molecular weight excluding hydrogens is 372 g/mol. The number of halogens is 1. The van der Waals surface area contributed by atoms with Gasteiger partial charge in [-0.1, -0.05) is 63.6 Å². The zero-order chi connectivity index (χ0) is 20.5. The predicted octanol–water partition coefficient (Wildman–Crippen LogP) is 4.40. The summed E-state index contributed by atoms with van der Waals surface area (Å²) >= 11 is 6.51. The fourth-order valence-electron chi connectivity index (χ4n) is 3.29. The van der Waals surface area contributed by atoms with E-state index in [2.05, 4.69) is 30.7 Å². The van der Waals surface area contributed by atoms with E-state index in [1.165, 1.54) is 11.9 Å². The number of carbonyl (C=O) groups is 1. The molecule has 0 saturated carbocycles. The maximum atomic E-state index is 12.4. The van der Waals surface area contributed by atoms with Gasteiger partial charge in [-0.25, -0.2) is 9.97 Å². The Kier molecular flexibility index (Phi) is 5.57. The zero-order valence-electron chi connectivity index (χ0n) is 16.6. The Bertz CT molecular complexity index is 987. The normalized spacial score (nSPS) is 12.8. The second-order valence-corrected chi connectivity index (χ2v) is 8.20. The molecule has 1 unspecified atom stereocenters. The maximum absolute atomic E-state index is 12.4. The van der Waals surface area contributed by atoms with Gasteiger partial charge >= 0.3 is 0 Å². The largest absolute Gasteiger partial charge is 0.369 e. The summed E-state index contributed by atoms with van der Waals surface area (Å²) in [7, 11) is 0. The molecule has 0 aliphatic rings. The first kappa shape index (κ1) is 20.1. The van der Waals surface area contributed by atoms with Crippen molar-refractivity contribution in [2.45, 2.75) is 45.4 Å². The molecule has 0 saturated heterocycles. The van der Waals surface area contributed by atoms with Gasteiger partial charge in [0, 0.05) is 11.9 Å². The molecule has 0 aliphatic heterocycles. The van der Waals surface area contributed by atoms with Crippen molar-refractivity contribution >= 4 is 17.5 Å². The molecule has 3 aromatic rings. The number of hydrogen-bond donors (Lipinski definition) is 1. The Labute approximate surface area is 170 Å². The third kappa shape index (κ3) is 3.80. The lowest BCUT2D eigenvalue weighted by atomic mass is 9.85. The lowest BCUT2D eigenvalue weighted by Gasteiger charge is -2.21. The third-order valence-corrected chi connectivity index (χ3v) is 5.26. The van der Waals surface area contributed by atoms with Crippen molar-refractivity contribution in [3.8, 4) is 5.82 Å². The molecule has 2 N–H and O–H groups in total. The van der Waals surface area contributed by atoms with Crippen LogP contribution in [0.4, 0.5) is 0 Å². The Hall–Kier alpha value is -2.66. The van der Waals surface area contributed by atoms with Crippen LogP contribution in [0.15, 0.2) is 48.9 Å². The molecule has 2 aromatic heterocycles. The molecule has 146 valence electrons. The van der Waals surface area contributed by atoms with Gasteiger partial charge in [0.2, 0.25) is 5.91 Å². The van der Waals surface area contributed by atoms with E-state index in [1.807, 2.05) is 54.1 Å². The number of hydrogen-bond acceptors (Lipinski definition) is 3. The summed E-state index contributed by atoms with van der Waals surface area (Å²) in [6, 6.07) is 11.8. The van der Waals surface area contributed by atoms with E-state index in [1.54, 1.807) is 0 Å². The van der Waals surface area contributed by atoms with Crippen molar-refractivity contribution in [2.75, 3.05) is 0 Å². The van der Waals surface area contributed by atoms with Gasteiger partial charge in [0.05, 0.1) is 5.69 Å². The van der Waals surface area contributed by atoms with Crippen molar-refractivity contribution in [1.29, 1.82) is 0 Å². The molecule has 1 atom stereocenters. The molecule has 6 heteroatoms. The Morgan fingerprint density at radius 2 is 1.86 bits per heavy atom. The number of aromatic nitrogens is 3. The summed E-state index contributed by atoms with van der Waals surface area (Å²) in [4.78, 5) is 21.0. The van der Waals surface area contributed by atoms with Crippen molar-refractivity contribution in [3.05, 3.63) is 76.5 Å². The molecular formula is C22H25ClN4O. The summed E-state index contributed by atoms with van der Waals surface area (Å²) in [6.45, 7) is 8.45. The first-order chi connectivity index (χ1) is 13.2. The van der Waals surface area contributed by atoms with Crippen LogP contribution in [0.5, 0.6) is 0 Å². The molecule has 0 spiro atoms. The molecule has 0 fully saturated rings. The smallest absolute Gasteiger partial charge is 0.230 e. The number of benzene rings is 1. The highest BCUT2D eigenvalue weighted by atomic mass is 35.5. The monoisotopic (exact) mass is 396 g/mol. The quantitative estimate of drug-likeness (QED) is 0.694. The van der Waals surface area contributed by atoms with E-state index < -0.39 is 11.8 Å². The number of aryl methyl sites for hydroxylation is 1. The number of primary amides is 1. The lowest BCUT2D eigenvalue weighted by Crippen LogP contribution is -2.25. The van der Waals surface area contributed by atoms with Crippen LogP contribution in [-0.2, 0) is 16.6 Å². The van der Waals surface area contributed by atoms with Gasteiger partial charge in [0.25, 0.3) is 0 Å². The zero-order valence-corrected chi connectivity index (χ0v) is 17.4. The van der Waals surface area contributed by atoms with E-state index in [0.29, 0.717) is 17.3 Å². The minimum absolute atomic E-state index is 0.0337. The van der Waals surface area contributed by atoms with Gasteiger partial charge in [-0.2, -0.15) is 0 Å². The maximum Gasteiger partial charge on any atom is 0.230 e. The summed E-state index contributed by atoms with van der Waals surface area (Å²) in [5, 5.41) is 0.480. The van der Waals surface area contributed by atoms with Crippen LogP contribution < -0.4 is 5.73 Å². The fraction of sp³-hybridized carbons (Fsp3) is 0.318. The summed E-state index contributed by atoms with van der Waals surface area (Å²) in [6.07, 6.45) is 4.02. The number of carbonyl (C=O) groups excluding carboxylic acids is 1. The van der Waals surface area contributed by atoms with Crippen molar-refractivity contribution in [2.24, 2.45) is 5.73 Å². The van der Waals surface area contributed by atoms with Crippen molar-refractivity contribution in [3.63, 3.8) is 0 Å². The number of rotatable bonds is 5. The van der Waals surface area contributed by atoms with E-state index in [9.17, 15) is 4.79 Å². The van der Waals surface area contributed by atoms with Crippen LogP contribution in [0.3, 0.4) is 0 Å². The molecule has 0 bridgehead atoms. The van der Waals surface area contributed by atoms with Gasteiger partial charge in [-0.15, -0.1) is 0 Å². The molecule has 0 aliphatic carbocycles. The van der Waals surface area contributed by atoms with E-state index in [4.69, 9.17) is 17.3 Å². The van der Waals surface area contributed by atoms with E-state index in [-0.39, 0.29) is 5.41 Å². The second kappa shape index (κ2) is 7.76. The second-order valence-electron chi connectivity index (χ2n) is 7.82. The van der Waals surface area contributed by atoms with Crippen LogP contribution in [-0.4, -0.2) is 20.4 Å². The highest BCUT2D eigenvalue weighted by Crippen LogP contribution is 2.31. The average Bonchev–Trinajstić information content (AvgIpc) is 3.10. The highest BCUT2D eigenvalue weighted by Gasteiger charge is 2.26. The van der Waals surface area contributed by atoms with Crippen molar-refractivity contribution < 1.29 is 4.79 Å². The van der Waals surface area contributed by atoms with E-state index >= 15 is 0 Å². The summed E-state index contributed by atoms with van der Waals surface area (Å²) in [5.74, 6) is -0.490. The van der Waals surface area contributed by atoms with Gasteiger partial charge < -0.3 is 10.3 Å². The van der Waals surface area contributed by atoms with Crippen molar-refractivity contribution in [1.82, 2.24) is 14.5 Å². The SMILES string of the molecule is CCc1ncnc(-n2cccc2C(C(N)=O)c2ccc(C(C)(C)C)cc2)c1Cl. The van der Waals surface area contributed by atoms with E-state index in [0.717, 1.165) is 17.0 Å². The average molecular weight is 397 g/mol. The Balaban J connectivity index is 2.09. The van der Waals surface area contributed by atoms with Crippen LogP contribution in [0.25, 0.3) is 5.82 Å². The van der Waals surface area contributed by atoms with Gasteiger partial charge in [0.1, 0.15) is 17.3 Å². The number of nitrogens with two attached hydrogens (primary N) is 1. The molecule has 2 heterocycles. The Morgan fingerprint density at radius 3 is 2.43 bits per heavy atom. The third-order valence-electron chi connectivity index (χ3n) is 4.88. The highest BCUT2D eigenvalue weighted by molar-refractivity contribution is 6.32. The summed E-state index contributed by atoms with van der Waals surface area (Å²) < 4.78 is 1.82. The molecule has 3 rings (SSSR count). The van der Waals surface area contributed by atoms with Crippen LogP contribution in [0.1, 0.15) is 56.1 Å². The molecule has 5 nitrogen and oxygen atoms in total. The molecule has 28 heavy (non-hydrogen) atoms.